The second-order valence-electron chi connectivity index (χ2n) is 5.18. The lowest BCUT2D eigenvalue weighted by Crippen LogP contribution is -2.19. The summed E-state index contributed by atoms with van der Waals surface area (Å²) in [5.74, 6) is 0.246. The topological polar surface area (TPSA) is 53.8 Å². The van der Waals surface area contributed by atoms with Crippen LogP contribution in [0.5, 0.6) is 0 Å². The molecule has 0 saturated carbocycles. The molecule has 1 aliphatic heterocycles. The molecule has 2 aromatic carbocycles. The number of hydrogen-bond donors (Lipinski definition) is 1. The van der Waals surface area contributed by atoms with Gasteiger partial charge in [0.2, 0.25) is 5.91 Å². The van der Waals surface area contributed by atoms with E-state index in [2.05, 4.69) is 15.5 Å². The number of nitrogens with one attached hydrogen (secondary N) is 1. The highest BCUT2D eigenvalue weighted by molar-refractivity contribution is 8.15. The molecule has 0 atom stereocenters. The van der Waals surface area contributed by atoms with Crippen molar-refractivity contribution in [2.45, 2.75) is 6.18 Å². The minimum absolute atomic E-state index is 0.0974. The van der Waals surface area contributed by atoms with Crippen molar-refractivity contribution in [1.29, 1.82) is 0 Å². The van der Waals surface area contributed by atoms with Crippen LogP contribution in [0.4, 0.5) is 13.2 Å². The summed E-state index contributed by atoms with van der Waals surface area (Å²) < 4.78 is 37.7. The van der Waals surface area contributed by atoms with Crippen molar-refractivity contribution >= 4 is 29.1 Å². The van der Waals surface area contributed by atoms with E-state index in [0.29, 0.717) is 16.5 Å². The smallest absolute Gasteiger partial charge is 0.303 e. The molecule has 2 aromatic rings. The van der Waals surface area contributed by atoms with Gasteiger partial charge in [-0.3, -0.25) is 4.79 Å². The molecule has 0 unspecified atom stereocenters. The third-order valence-corrected chi connectivity index (χ3v) is 4.26. The van der Waals surface area contributed by atoms with Gasteiger partial charge in [0.1, 0.15) is 0 Å². The minimum atomic E-state index is -4.34. The van der Waals surface area contributed by atoms with Crippen molar-refractivity contribution in [3.63, 3.8) is 0 Å². The molecule has 0 aromatic heterocycles. The largest absolute Gasteiger partial charge is 0.416 e. The lowest BCUT2D eigenvalue weighted by atomic mass is 10.0. The van der Waals surface area contributed by atoms with Crippen LogP contribution in [0.1, 0.15) is 11.1 Å². The number of nitrogens with zero attached hydrogens (tertiary/aromatic N) is 2. The van der Waals surface area contributed by atoms with E-state index in [9.17, 15) is 18.0 Å². The molecular formula is C17H12F3N3OS. The predicted octanol–water partition coefficient (Wildman–Crippen LogP) is 3.93. The monoisotopic (exact) mass is 363 g/mol. The number of carbonyl (C=O) groups excluding carboxylic acids is 1. The third-order valence-electron chi connectivity index (χ3n) is 3.40. The van der Waals surface area contributed by atoms with Gasteiger partial charge in [-0.25, -0.2) is 0 Å². The molecule has 0 spiro atoms. The molecular weight excluding hydrogens is 351 g/mol. The number of carbonyl (C=O) groups is 1. The molecule has 1 aliphatic rings. The number of alkyl halides is 3. The van der Waals surface area contributed by atoms with Crippen LogP contribution >= 0.6 is 11.8 Å². The highest BCUT2D eigenvalue weighted by Gasteiger charge is 2.29. The van der Waals surface area contributed by atoms with E-state index >= 15 is 0 Å². The molecule has 1 amide bonds. The summed E-state index contributed by atoms with van der Waals surface area (Å²) in [6, 6.07) is 12.2. The first-order valence-electron chi connectivity index (χ1n) is 7.23. The molecule has 0 aliphatic carbocycles. The highest BCUT2D eigenvalue weighted by atomic mass is 32.2. The van der Waals surface area contributed by atoms with Crippen LogP contribution in [0.25, 0.3) is 11.1 Å². The van der Waals surface area contributed by atoms with Gasteiger partial charge < -0.3 is 5.32 Å². The Balaban J connectivity index is 1.69. The fourth-order valence-corrected chi connectivity index (χ4v) is 2.77. The molecule has 8 heteroatoms. The van der Waals surface area contributed by atoms with Crippen molar-refractivity contribution in [2.24, 2.45) is 10.2 Å². The molecule has 25 heavy (non-hydrogen) atoms. The molecule has 4 nitrogen and oxygen atoms in total. The van der Waals surface area contributed by atoms with Crippen LogP contribution in [-0.2, 0) is 11.0 Å². The van der Waals surface area contributed by atoms with Crippen LogP contribution in [0.3, 0.4) is 0 Å². The van der Waals surface area contributed by atoms with Gasteiger partial charge in [0.25, 0.3) is 0 Å². The van der Waals surface area contributed by atoms with E-state index in [4.69, 9.17) is 0 Å². The Hall–Kier alpha value is -2.61. The molecule has 1 saturated heterocycles. The van der Waals surface area contributed by atoms with Gasteiger partial charge in [0.05, 0.1) is 17.5 Å². The molecule has 1 N–H and O–H groups in total. The van der Waals surface area contributed by atoms with Crippen LogP contribution in [0.2, 0.25) is 0 Å². The van der Waals surface area contributed by atoms with Crippen molar-refractivity contribution in [2.75, 3.05) is 5.75 Å². The Bertz CT molecular complexity index is 828. The Morgan fingerprint density at radius 2 is 1.60 bits per heavy atom. The molecule has 0 bridgehead atoms. The summed E-state index contributed by atoms with van der Waals surface area (Å²) in [6.07, 6.45) is -2.80. The van der Waals surface area contributed by atoms with Crippen molar-refractivity contribution in [3.05, 3.63) is 59.7 Å². The molecule has 1 fully saturated rings. The van der Waals surface area contributed by atoms with Crippen LogP contribution < -0.4 is 5.32 Å². The standard InChI is InChI=1S/C17H12F3N3OS/c18-17(19,20)14-7-5-13(6-8-14)12-3-1-11(2-4-12)9-21-23-16-22-15(24)10-25-16/h1-9H,10H2,(H,22,23,24). The lowest BCUT2D eigenvalue weighted by molar-refractivity contribution is -0.137. The fraction of sp³-hybridized carbons (Fsp3) is 0.118. The number of amidine groups is 1. The highest BCUT2D eigenvalue weighted by Crippen LogP contribution is 2.30. The molecule has 3 rings (SSSR count). The third kappa shape index (κ3) is 4.48. The number of rotatable bonds is 3. The normalized spacial score (nSPS) is 16.6. The molecule has 128 valence electrons. The first-order chi connectivity index (χ1) is 11.9. The van der Waals surface area contributed by atoms with Crippen LogP contribution in [0, 0.1) is 0 Å². The zero-order valence-corrected chi connectivity index (χ0v) is 13.6. The van der Waals surface area contributed by atoms with E-state index in [0.717, 1.165) is 23.3 Å². The van der Waals surface area contributed by atoms with Gasteiger partial charge in [-0.15, -0.1) is 5.10 Å². The number of amides is 1. The van der Waals surface area contributed by atoms with Gasteiger partial charge in [-0.2, -0.15) is 18.3 Å². The maximum absolute atomic E-state index is 12.6. The van der Waals surface area contributed by atoms with E-state index in [-0.39, 0.29) is 5.91 Å². The first kappa shape index (κ1) is 17.2. The van der Waals surface area contributed by atoms with E-state index in [1.807, 2.05) is 0 Å². The van der Waals surface area contributed by atoms with Crippen molar-refractivity contribution < 1.29 is 18.0 Å². The van der Waals surface area contributed by atoms with Crippen molar-refractivity contribution in [1.82, 2.24) is 5.32 Å². The van der Waals surface area contributed by atoms with Gasteiger partial charge >= 0.3 is 6.18 Å². The second kappa shape index (κ2) is 7.10. The Morgan fingerprint density at radius 1 is 1.00 bits per heavy atom. The van der Waals surface area contributed by atoms with Gasteiger partial charge in [0.15, 0.2) is 5.17 Å². The average Bonchev–Trinajstić information content (AvgIpc) is 3.00. The second-order valence-corrected chi connectivity index (χ2v) is 6.15. The van der Waals surface area contributed by atoms with Gasteiger partial charge in [-0.1, -0.05) is 48.2 Å². The van der Waals surface area contributed by atoms with E-state index < -0.39 is 11.7 Å². The average molecular weight is 363 g/mol. The Kier molecular flexibility index (Phi) is 4.89. The summed E-state index contributed by atoms with van der Waals surface area (Å²) in [4.78, 5) is 11.0. The zero-order valence-electron chi connectivity index (χ0n) is 12.7. The maximum Gasteiger partial charge on any atom is 0.416 e. The number of halogens is 3. The summed E-state index contributed by atoms with van der Waals surface area (Å²) >= 11 is 1.28. The SMILES string of the molecule is O=C1CSC(=NN=Cc2ccc(-c3ccc(C(F)(F)F)cc3)cc2)N1. The van der Waals surface area contributed by atoms with Gasteiger partial charge in [-0.05, 0) is 28.8 Å². The Morgan fingerprint density at radius 3 is 2.12 bits per heavy atom. The Labute approximate surface area is 145 Å². The number of thioether (sulfide) groups is 1. The summed E-state index contributed by atoms with van der Waals surface area (Å²) in [5, 5.41) is 10.8. The predicted molar refractivity (Wildman–Crippen MR) is 92.5 cm³/mol. The van der Waals surface area contributed by atoms with Gasteiger partial charge in [0, 0.05) is 0 Å². The number of hydrogen-bond acceptors (Lipinski definition) is 4. The first-order valence-corrected chi connectivity index (χ1v) is 8.22. The molecule has 1 heterocycles. The van der Waals surface area contributed by atoms with E-state index in [1.165, 1.54) is 30.1 Å². The number of benzene rings is 2. The lowest BCUT2D eigenvalue weighted by Gasteiger charge is -2.07. The summed E-state index contributed by atoms with van der Waals surface area (Å²) in [7, 11) is 0. The summed E-state index contributed by atoms with van der Waals surface area (Å²) in [5.41, 5.74) is 1.61. The van der Waals surface area contributed by atoms with Crippen LogP contribution in [-0.4, -0.2) is 23.0 Å². The molecule has 0 radical (unpaired) electrons. The zero-order chi connectivity index (χ0) is 17.9. The van der Waals surface area contributed by atoms with E-state index in [1.54, 1.807) is 24.3 Å². The minimum Gasteiger partial charge on any atom is -0.303 e. The maximum atomic E-state index is 12.6. The fourth-order valence-electron chi connectivity index (χ4n) is 2.14. The quantitative estimate of drug-likeness (QED) is 0.664. The van der Waals surface area contributed by atoms with Crippen LogP contribution in [0.15, 0.2) is 58.7 Å². The van der Waals surface area contributed by atoms with Crippen molar-refractivity contribution in [3.8, 4) is 11.1 Å². The summed E-state index contributed by atoms with van der Waals surface area (Å²) in [6.45, 7) is 0.